The van der Waals surface area contributed by atoms with E-state index >= 15 is 0 Å². The summed E-state index contributed by atoms with van der Waals surface area (Å²) >= 11 is 0. The molecule has 0 heterocycles. The Kier molecular flexibility index (Phi) is 5.08. The van der Waals surface area contributed by atoms with Crippen molar-refractivity contribution >= 4 is 5.69 Å². The molecule has 0 spiro atoms. The Morgan fingerprint density at radius 2 is 1.86 bits per heavy atom. The Hall–Kier alpha value is -1.02. The van der Waals surface area contributed by atoms with Crippen molar-refractivity contribution in [2.45, 2.75) is 19.8 Å². The summed E-state index contributed by atoms with van der Waals surface area (Å²) < 4.78 is 0. The predicted octanol–water partition coefficient (Wildman–Crippen LogP) is 2.29. The van der Waals surface area contributed by atoms with Gasteiger partial charge in [0.2, 0.25) is 0 Å². The van der Waals surface area contributed by atoms with Crippen molar-refractivity contribution in [3.63, 3.8) is 0 Å². The molecule has 1 aromatic rings. The summed E-state index contributed by atoms with van der Waals surface area (Å²) in [6, 6.07) is 10.3. The number of aliphatic hydroxyl groups is 1. The fraction of sp³-hybridized carbons (Fsp3) is 0.500. The fourth-order valence-corrected chi connectivity index (χ4v) is 1.48. The Bertz CT molecular complexity index is 235. The van der Waals surface area contributed by atoms with Crippen molar-refractivity contribution in [3.05, 3.63) is 30.3 Å². The molecule has 1 aromatic carbocycles. The van der Waals surface area contributed by atoms with E-state index in [9.17, 15) is 0 Å². The van der Waals surface area contributed by atoms with E-state index in [2.05, 4.69) is 24.0 Å². The van der Waals surface area contributed by atoms with E-state index in [1.165, 1.54) is 18.5 Å². The molecule has 0 aromatic heterocycles. The molecule has 1 rings (SSSR count). The highest BCUT2D eigenvalue weighted by Crippen LogP contribution is 2.13. The standard InChI is InChI=1S/C12H19NO/c1-2-3-9-13(10-11-14)12-7-5-4-6-8-12/h4-8,14H,2-3,9-11H2,1H3. The van der Waals surface area contributed by atoms with Gasteiger partial charge in [-0.25, -0.2) is 0 Å². The molecule has 0 atom stereocenters. The monoisotopic (exact) mass is 193 g/mol. The minimum Gasteiger partial charge on any atom is -0.395 e. The lowest BCUT2D eigenvalue weighted by Gasteiger charge is -2.23. The number of hydrogen-bond donors (Lipinski definition) is 1. The minimum atomic E-state index is 0.221. The highest BCUT2D eigenvalue weighted by molar-refractivity contribution is 5.45. The van der Waals surface area contributed by atoms with Crippen LogP contribution in [-0.4, -0.2) is 24.8 Å². The minimum absolute atomic E-state index is 0.221. The number of unbranched alkanes of at least 4 members (excludes halogenated alkanes) is 1. The second kappa shape index (κ2) is 6.44. The molecule has 14 heavy (non-hydrogen) atoms. The zero-order chi connectivity index (χ0) is 10.2. The molecule has 1 N–H and O–H groups in total. The van der Waals surface area contributed by atoms with Crippen LogP contribution in [-0.2, 0) is 0 Å². The largest absolute Gasteiger partial charge is 0.395 e. The van der Waals surface area contributed by atoms with E-state index in [1.807, 2.05) is 18.2 Å². The van der Waals surface area contributed by atoms with Gasteiger partial charge in [0.1, 0.15) is 0 Å². The smallest absolute Gasteiger partial charge is 0.0606 e. The van der Waals surface area contributed by atoms with Gasteiger partial charge >= 0.3 is 0 Å². The predicted molar refractivity (Wildman–Crippen MR) is 60.6 cm³/mol. The topological polar surface area (TPSA) is 23.5 Å². The fourth-order valence-electron chi connectivity index (χ4n) is 1.48. The Morgan fingerprint density at radius 1 is 1.14 bits per heavy atom. The molecule has 0 fully saturated rings. The van der Waals surface area contributed by atoms with E-state index in [-0.39, 0.29) is 6.61 Å². The summed E-state index contributed by atoms with van der Waals surface area (Å²) in [5.41, 5.74) is 1.20. The van der Waals surface area contributed by atoms with Gasteiger partial charge in [-0.1, -0.05) is 31.5 Å². The molecule has 2 heteroatoms. The first-order chi connectivity index (χ1) is 6.88. The number of para-hydroxylation sites is 1. The molecule has 2 nitrogen and oxygen atoms in total. The van der Waals surface area contributed by atoms with Gasteiger partial charge in [0, 0.05) is 18.8 Å². The Labute approximate surface area is 86.2 Å². The lowest BCUT2D eigenvalue weighted by atomic mass is 10.2. The molecule has 0 aliphatic rings. The first-order valence-corrected chi connectivity index (χ1v) is 5.29. The second-order valence-corrected chi connectivity index (χ2v) is 3.40. The van der Waals surface area contributed by atoms with Crippen LogP contribution in [0.2, 0.25) is 0 Å². The zero-order valence-electron chi connectivity index (χ0n) is 8.82. The van der Waals surface area contributed by atoms with Gasteiger partial charge in [-0.05, 0) is 18.6 Å². The van der Waals surface area contributed by atoms with Gasteiger partial charge in [0.15, 0.2) is 0 Å². The molecular formula is C12H19NO. The first kappa shape index (κ1) is 11.1. The molecule has 0 saturated heterocycles. The number of nitrogens with zero attached hydrogens (tertiary/aromatic N) is 1. The van der Waals surface area contributed by atoms with Gasteiger partial charge in [0.05, 0.1) is 6.61 Å². The number of rotatable bonds is 6. The van der Waals surface area contributed by atoms with E-state index in [1.54, 1.807) is 0 Å². The average Bonchev–Trinajstić information content (AvgIpc) is 2.25. The lowest BCUT2D eigenvalue weighted by Crippen LogP contribution is -2.27. The van der Waals surface area contributed by atoms with Crippen LogP contribution in [0.1, 0.15) is 19.8 Å². The normalized spacial score (nSPS) is 10.1. The van der Waals surface area contributed by atoms with Gasteiger partial charge in [-0.3, -0.25) is 0 Å². The van der Waals surface area contributed by atoms with Crippen LogP contribution in [0, 0.1) is 0 Å². The van der Waals surface area contributed by atoms with E-state index in [0.717, 1.165) is 13.1 Å². The van der Waals surface area contributed by atoms with Crippen LogP contribution in [0.25, 0.3) is 0 Å². The van der Waals surface area contributed by atoms with Crippen molar-refractivity contribution in [2.75, 3.05) is 24.6 Å². The van der Waals surface area contributed by atoms with Gasteiger partial charge < -0.3 is 10.0 Å². The average molecular weight is 193 g/mol. The number of aliphatic hydroxyl groups excluding tert-OH is 1. The summed E-state index contributed by atoms with van der Waals surface area (Å²) in [6.07, 6.45) is 2.36. The van der Waals surface area contributed by atoms with E-state index in [4.69, 9.17) is 5.11 Å². The third-order valence-electron chi connectivity index (χ3n) is 2.27. The van der Waals surface area contributed by atoms with Gasteiger partial charge in [-0.2, -0.15) is 0 Å². The molecule has 0 unspecified atom stereocenters. The molecule has 0 aliphatic carbocycles. The second-order valence-electron chi connectivity index (χ2n) is 3.40. The summed E-state index contributed by atoms with van der Waals surface area (Å²) in [5.74, 6) is 0. The van der Waals surface area contributed by atoms with Crippen molar-refractivity contribution in [3.8, 4) is 0 Å². The third-order valence-corrected chi connectivity index (χ3v) is 2.27. The van der Waals surface area contributed by atoms with E-state index < -0.39 is 0 Å². The van der Waals surface area contributed by atoms with Crippen molar-refractivity contribution in [1.82, 2.24) is 0 Å². The number of benzene rings is 1. The molecule has 0 saturated carbocycles. The van der Waals surface area contributed by atoms with Gasteiger partial charge in [-0.15, -0.1) is 0 Å². The van der Waals surface area contributed by atoms with Gasteiger partial charge in [0.25, 0.3) is 0 Å². The number of anilines is 1. The SMILES string of the molecule is CCCCN(CCO)c1ccccc1. The summed E-state index contributed by atoms with van der Waals surface area (Å²) in [4.78, 5) is 2.23. The van der Waals surface area contributed by atoms with Crippen molar-refractivity contribution < 1.29 is 5.11 Å². The molecule has 0 bridgehead atoms. The van der Waals surface area contributed by atoms with Crippen LogP contribution in [0.5, 0.6) is 0 Å². The molecular weight excluding hydrogens is 174 g/mol. The molecule has 0 amide bonds. The zero-order valence-corrected chi connectivity index (χ0v) is 8.82. The summed E-state index contributed by atoms with van der Waals surface area (Å²) in [6.45, 7) is 4.16. The number of hydrogen-bond acceptors (Lipinski definition) is 2. The highest BCUT2D eigenvalue weighted by Gasteiger charge is 2.03. The highest BCUT2D eigenvalue weighted by atomic mass is 16.3. The maximum absolute atomic E-state index is 8.96. The maximum atomic E-state index is 8.96. The molecule has 78 valence electrons. The quantitative estimate of drug-likeness (QED) is 0.749. The molecule has 0 aliphatic heterocycles. The van der Waals surface area contributed by atoms with Crippen LogP contribution >= 0.6 is 0 Å². The third kappa shape index (κ3) is 3.38. The van der Waals surface area contributed by atoms with Crippen LogP contribution in [0.3, 0.4) is 0 Å². The van der Waals surface area contributed by atoms with E-state index in [0.29, 0.717) is 0 Å². The first-order valence-electron chi connectivity index (χ1n) is 5.29. The lowest BCUT2D eigenvalue weighted by molar-refractivity contribution is 0.301. The summed E-state index contributed by atoms with van der Waals surface area (Å²) in [5, 5.41) is 8.96. The van der Waals surface area contributed by atoms with Crippen molar-refractivity contribution in [2.24, 2.45) is 0 Å². The van der Waals surface area contributed by atoms with Crippen LogP contribution in [0.15, 0.2) is 30.3 Å². The Balaban J connectivity index is 2.58. The van der Waals surface area contributed by atoms with Crippen molar-refractivity contribution in [1.29, 1.82) is 0 Å². The summed E-state index contributed by atoms with van der Waals surface area (Å²) in [7, 11) is 0. The van der Waals surface area contributed by atoms with Crippen LogP contribution < -0.4 is 4.90 Å². The van der Waals surface area contributed by atoms with Crippen LogP contribution in [0.4, 0.5) is 5.69 Å². The Morgan fingerprint density at radius 3 is 2.43 bits per heavy atom. The maximum Gasteiger partial charge on any atom is 0.0606 e. The molecule has 0 radical (unpaired) electrons.